The maximum absolute atomic E-state index is 13.8. The van der Waals surface area contributed by atoms with Crippen molar-refractivity contribution in [1.29, 1.82) is 0 Å². The number of fused-ring (bicyclic) bond motifs is 1. The molecular formula is C43H55F3N6O6. The van der Waals surface area contributed by atoms with Crippen LogP contribution < -0.4 is 10.1 Å². The van der Waals surface area contributed by atoms with Crippen LogP contribution in [0.15, 0.2) is 30.3 Å². The van der Waals surface area contributed by atoms with Gasteiger partial charge in [-0.3, -0.25) is 14.9 Å². The Kier molecular flexibility index (Phi) is 12.1. The van der Waals surface area contributed by atoms with E-state index in [4.69, 9.17) is 4.74 Å². The summed E-state index contributed by atoms with van der Waals surface area (Å²) in [7, 11) is 1.61. The number of non-ortho nitro benzene ring substituents is 1. The second-order valence-electron chi connectivity index (χ2n) is 17.4. The van der Waals surface area contributed by atoms with Crippen LogP contribution in [0.1, 0.15) is 125 Å². The molecule has 0 bridgehead atoms. The van der Waals surface area contributed by atoms with Crippen LogP contribution >= 0.6 is 0 Å². The third-order valence-electron chi connectivity index (χ3n) is 13.9. The van der Waals surface area contributed by atoms with Gasteiger partial charge in [-0.15, -0.1) is 0 Å². The Morgan fingerprint density at radius 2 is 1.59 bits per heavy atom. The highest BCUT2D eigenvalue weighted by atomic mass is 19.4. The summed E-state index contributed by atoms with van der Waals surface area (Å²) in [5.41, 5.74) is 0.241. The summed E-state index contributed by atoms with van der Waals surface area (Å²) in [6.45, 7) is 6.30. The number of rotatable bonds is 9. The number of hydrogen-bond acceptors (Lipinski definition) is 8. The maximum atomic E-state index is 13.8. The monoisotopic (exact) mass is 808 g/mol. The minimum Gasteiger partial charge on any atom is -0.496 e. The van der Waals surface area contributed by atoms with Gasteiger partial charge in [-0.2, -0.15) is 13.2 Å². The second-order valence-corrected chi connectivity index (χ2v) is 17.4. The van der Waals surface area contributed by atoms with Crippen molar-refractivity contribution in [3.63, 3.8) is 0 Å². The van der Waals surface area contributed by atoms with Crippen molar-refractivity contribution in [3.05, 3.63) is 63.0 Å². The zero-order valence-corrected chi connectivity index (χ0v) is 33.7. The third kappa shape index (κ3) is 9.12. The van der Waals surface area contributed by atoms with Crippen LogP contribution in [-0.2, 0) is 11.0 Å². The van der Waals surface area contributed by atoms with Crippen molar-refractivity contribution in [2.24, 2.45) is 23.2 Å². The molecule has 2 aliphatic carbocycles. The quantitative estimate of drug-likeness (QED) is 0.159. The number of nitrogens with one attached hydrogen (secondary N) is 1. The molecule has 12 nitrogen and oxygen atoms in total. The van der Waals surface area contributed by atoms with Crippen LogP contribution in [0.3, 0.4) is 0 Å². The second kappa shape index (κ2) is 16.9. The molecule has 2 amide bonds. The fourth-order valence-electron chi connectivity index (χ4n) is 10.3. The lowest BCUT2D eigenvalue weighted by atomic mass is 9.64. The topological polar surface area (TPSA) is 151 Å². The molecule has 1 spiro atoms. The lowest BCUT2D eigenvalue weighted by Crippen LogP contribution is -2.44. The predicted octanol–water partition coefficient (Wildman–Crippen LogP) is 9.90. The average molecular weight is 809 g/mol. The van der Waals surface area contributed by atoms with Crippen LogP contribution in [0, 0.1) is 40.2 Å². The number of carboxylic acid groups (broad SMARTS) is 1. The molecule has 2 saturated carbocycles. The summed E-state index contributed by atoms with van der Waals surface area (Å²) in [5.74, 6) is 3.23. The number of likely N-dealkylation sites (tertiary alicyclic amines) is 2. The Morgan fingerprint density at radius 3 is 2.19 bits per heavy atom. The number of hydrogen-bond donors (Lipinski definition) is 2. The van der Waals surface area contributed by atoms with Crippen molar-refractivity contribution in [2.75, 3.05) is 38.6 Å². The van der Waals surface area contributed by atoms with Gasteiger partial charge in [0.25, 0.3) is 5.69 Å². The molecule has 314 valence electrons. The van der Waals surface area contributed by atoms with Gasteiger partial charge >= 0.3 is 12.3 Å². The smallest absolute Gasteiger partial charge is 0.416 e. The number of amides is 2. The number of nitro benzene ring substituents is 1. The van der Waals surface area contributed by atoms with Crippen LogP contribution in [0.25, 0.3) is 10.9 Å². The number of anilines is 1. The van der Waals surface area contributed by atoms with E-state index in [2.05, 4.69) is 20.2 Å². The van der Waals surface area contributed by atoms with Gasteiger partial charge in [0, 0.05) is 55.7 Å². The van der Waals surface area contributed by atoms with Crippen molar-refractivity contribution in [2.45, 2.75) is 115 Å². The fraction of sp³-hybridized carbons (Fsp3) is 0.628. The van der Waals surface area contributed by atoms with Crippen LogP contribution in [-0.4, -0.2) is 75.1 Å². The van der Waals surface area contributed by atoms with Gasteiger partial charge in [0.2, 0.25) is 5.91 Å². The normalized spacial score (nSPS) is 22.5. The highest BCUT2D eigenvalue weighted by molar-refractivity contribution is 5.91. The molecule has 1 atom stereocenters. The van der Waals surface area contributed by atoms with Crippen LogP contribution in [0.4, 0.5) is 29.5 Å². The number of ether oxygens (including phenoxy) is 1. The average Bonchev–Trinajstić information content (AvgIpc) is 3.21. The molecule has 2 saturated heterocycles. The minimum absolute atomic E-state index is 0.0260. The summed E-state index contributed by atoms with van der Waals surface area (Å²) in [5, 5.41) is 24.7. The predicted molar refractivity (Wildman–Crippen MR) is 213 cm³/mol. The van der Waals surface area contributed by atoms with Crippen LogP contribution in [0.5, 0.6) is 5.75 Å². The molecule has 0 radical (unpaired) electrons. The van der Waals surface area contributed by atoms with E-state index in [1.165, 1.54) is 32.1 Å². The number of carbonyl (C=O) groups excluding carboxylic acids is 1. The van der Waals surface area contributed by atoms with E-state index in [1.807, 2.05) is 12.1 Å². The minimum atomic E-state index is -4.75. The Morgan fingerprint density at radius 1 is 0.931 bits per heavy atom. The third-order valence-corrected chi connectivity index (χ3v) is 13.9. The molecule has 4 fully saturated rings. The molecule has 2 N–H and O–H groups in total. The first kappa shape index (κ1) is 41.5. The van der Waals surface area contributed by atoms with Crippen molar-refractivity contribution >= 4 is 34.4 Å². The summed E-state index contributed by atoms with van der Waals surface area (Å²) in [6.07, 6.45) is 7.75. The van der Waals surface area contributed by atoms with E-state index in [-0.39, 0.29) is 23.3 Å². The van der Waals surface area contributed by atoms with Gasteiger partial charge in [-0.25, -0.2) is 14.8 Å². The highest BCUT2D eigenvalue weighted by Crippen LogP contribution is 2.48. The Balaban J connectivity index is 0.950. The molecule has 15 heteroatoms. The number of aryl methyl sites for hydroxylation is 1. The van der Waals surface area contributed by atoms with Gasteiger partial charge in [-0.05, 0) is 144 Å². The lowest BCUT2D eigenvalue weighted by molar-refractivity contribution is -0.385. The van der Waals surface area contributed by atoms with E-state index < -0.39 is 34.5 Å². The fourth-order valence-corrected chi connectivity index (χ4v) is 10.3. The number of nitro groups is 1. The standard InChI is InChI=1S/C43H55F3N6O6/c1-26(32-21-33(43(44,45)46)23-34(22-32)52(56)57)47-39-36-24-35(38(58-3)25-37(36)48-27(2)49-39)30-4-6-31(7-5-30)40(53)50-16-10-29(11-17-50)20-28-8-12-42(13-9-28)14-18-51(19-15-42)41(54)55/h21-26,28-31H,4-20H2,1-3H3,(H,54,55)(H,47,48,49)/t26-,30?,31?/m1/s1. The van der Waals surface area contributed by atoms with E-state index in [1.54, 1.807) is 25.9 Å². The number of piperidine rings is 2. The number of nitrogens with zero attached hydrogens (tertiary/aromatic N) is 5. The van der Waals surface area contributed by atoms with Gasteiger partial charge in [-0.1, -0.05) is 0 Å². The molecule has 1 aromatic heterocycles. The first-order valence-electron chi connectivity index (χ1n) is 20.9. The first-order valence-corrected chi connectivity index (χ1v) is 20.9. The number of aromatic nitrogens is 2. The van der Waals surface area contributed by atoms with E-state index >= 15 is 0 Å². The maximum Gasteiger partial charge on any atom is 0.416 e. The van der Waals surface area contributed by atoms with Gasteiger partial charge < -0.3 is 25.0 Å². The first-order chi connectivity index (χ1) is 27.6. The van der Waals surface area contributed by atoms with Gasteiger partial charge in [0.1, 0.15) is 17.4 Å². The summed E-state index contributed by atoms with van der Waals surface area (Å²) in [6, 6.07) is 5.66. The van der Waals surface area contributed by atoms with Crippen molar-refractivity contribution in [1.82, 2.24) is 19.8 Å². The Labute approximate surface area is 337 Å². The molecule has 7 rings (SSSR count). The van der Waals surface area contributed by atoms with E-state index in [0.29, 0.717) is 58.8 Å². The lowest BCUT2D eigenvalue weighted by Gasteiger charge is -2.46. The number of methoxy groups -OCH3 is 1. The number of alkyl halides is 3. The zero-order valence-electron chi connectivity index (χ0n) is 33.7. The molecule has 58 heavy (non-hydrogen) atoms. The largest absolute Gasteiger partial charge is 0.496 e. The number of halogens is 3. The molecule has 2 aromatic carbocycles. The van der Waals surface area contributed by atoms with E-state index in [0.717, 1.165) is 88.1 Å². The molecule has 3 heterocycles. The molecule has 4 aliphatic rings. The SMILES string of the molecule is COc1cc2nc(C)nc(N[C@H](C)c3cc([N+](=O)[O-])cc(C(F)(F)F)c3)c2cc1C1CCC(C(=O)N2CCC(CC3CCC4(CC3)CCN(C(=O)O)CC4)CC2)CC1. The van der Waals surface area contributed by atoms with Gasteiger partial charge in [0.05, 0.1) is 29.2 Å². The molecule has 3 aromatic rings. The zero-order chi connectivity index (χ0) is 41.4. The Hall–Kier alpha value is -4.69. The van der Waals surface area contributed by atoms with Crippen LogP contribution in [0.2, 0.25) is 0 Å². The van der Waals surface area contributed by atoms with Crippen molar-refractivity contribution in [3.8, 4) is 5.75 Å². The van der Waals surface area contributed by atoms with Gasteiger partial charge in [0.15, 0.2) is 0 Å². The molecular weight excluding hydrogens is 754 g/mol. The highest BCUT2D eigenvalue weighted by Gasteiger charge is 2.40. The summed E-state index contributed by atoms with van der Waals surface area (Å²) >= 11 is 0. The Bertz CT molecular complexity index is 1990. The summed E-state index contributed by atoms with van der Waals surface area (Å²) < 4.78 is 46.8. The number of carbonyl (C=O) groups is 2. The summed E-state index contributed by atoms with van der Waals surface area (Å²) in [4.78, 5) is 48.7. The molecule has 0 unspecified atom stereocenters. The van der Waals surface area contributed by atoms with E-state index in [9.17, 15) is 38.0 Å². The van der Waals surface area contributed by atoms with Crippen molar-refractivity contribution < 1.29 is 37.5 Å². The number of benzene rings is 2. The molecule has 2 aliphatic heterocycles.